The van der Waals surface area contributed by atoms with Crippen molar-refractivity contribution in [3.63, 3.8) is 0 Å². The van der Waals surface area contributed by atoms with E-state index in [9.17, 15) is 15.3 Å². The van der Waals surface area contributed by atoms with Crippen LogP contribution in [0.5, 0.6) is 0 Å². The number of nitrogens with two attached hydrogens (primary N) is 1. The number of hydrogen-bond acceptors (Lipinski definition) is 6. The van der Waals surface area contributed by atoms with Crippen LogP contribution in [-0.2, 0) is 4.79 Å². The molecule has 3 aromatic rings. The predicted molar refractivity (Wildman–Crippen MR) is 108 cm³/mol. The maximum absolute atomic E-state index is 11.2. The van der Waals surface area contributed by atoms with Gasteiger partial charge in [-0.25, -0.2) is 4.98 Å². The zero-order valence-corrected chi connectivity index (χ0v) is 15.7. The van der Waals surface area contributed by atoms with Gasteiger partial charge in [0.05, 0.1) is 5.56 Å². The van der Waals surface area contributed by atoms with E-state index >= 15 is 0 Å². The van der Waals surface area contributed by atoms with Crippen LogP contribution in [0.1, 0.15) is 18.1 Å². The van der Waals surface area contributed by atoms with Gasteiger partial charge in [-0.15, -0.1) is 0 Å². The van der Waals surface area contributed by atoms with Gasteiger partial charge >= 0.3 is 0 Å². The molecule has 0 bridgehead atoms. The van der Waals surface area contributed by atoms with Gasteiger partial charge in [0, 0.05) is 23.1 Å². The Morgan fingerprint density at radius 1 is 1.04 bits per heavy atom. The molecule has 3 N–H and O–H groups in total. The highest BCUT2D eigenvalue weighted by Gasteiger charge is 2.20. The number of hydrogen-bond donors (Lipinski definition) is 2. The van der Waals surface area contributed by atoms with Gasteiger partial charge in [-0.05, 0) is 29.8 Å². The highest BCUT2D eigenvalue weighted by Crippen LogP contribution is 2.38. The molecule has 0 atom stereocenters. The molecule has 0 saturated carbocycles. The van der Waals surface area contributed by atoms with Crippen molar-refractivity contribution in [3.05, 3.63) is 65.7 Å². The monoisotopic (exact) mass is 385 g/mol. The van der Waals surface area contributed by atoms with E-state index in [0.29, 0.717) is 21.8 Å². The van der Waals surface area contributed by atoms with Crippen LogP contribution < -0.4 is 11.1 Å². The van der Waals surface area contributed by atoms with E-state index < -0.39 is 0 Å². The number of anilines is 2. The summed E-state index contributed by atoms with van der Waals surface area (Å²) in [4.78, 5) is 16.4. The van der Waals surface area contributed by atoms with Gasteiger partial charge in [0.15, 0.2) is 0 Å². The zero-order valence-electron chi connectivity index (χ0n) is 14.9. The summed E-state index contributed by atoms with van der Waals surface area (Å²) in [6.07, 6.45) is 0. The summed E-state index contributed by atoms with van der Waals surface area (Å²) < 4.78 is 0. The summed E-state index contributed by atoms with van der Waals surface area (Å²) >= 11 is 1.31. The standard InChI is InChI=1S/C21H15N5OS/c1-13(27)25-15-9-7-14(8-10-15)19-17(11-22)20(24)26-21(18(19)12-23)28-16-5-3-2-4-6-16/h2-10H,1H3,(H2,24,26)(H,25,27). The number of nitrogen functional groups attached to an aromatic ring is 1. The number of nitrogens with one attached hydrogen (secondary N) is 1. The number of aromatic nitrogens is 1. The molecule has 2 aromatic carbocycles. The molecule has 0 unspecified atom stereocenters. The van der Waals surface area contributed by atoms with Crippen LogP contribution in [0.3, 0.4) is 0 Å². The Bertz CT molecular complexity index is 1110. The highest BCUT2D eigenvalue weighted by atomic mass is 32.2. The maximum atomic E-state index is 11.2. The molecule has 0 aliphatic heterocycles. The van der Waals surface area contributed by atoms with Gasteiger partial charge in [0.2, 0.25) is 5.91 Å². The Labute approximate surface area is 166 Å². The Morgan fingerprint density at radius 2 is 1.68 bits per heavy atom. The van der Waals surface area contributed by atoms with E-state index in [1.165, 1.54) is 18.7 Å². The average molecular weight is 385 g/mol. The lowest BCUT2D eigenvalue weighted by Crippen LogP contribution is -2.06. The van der Waals surface area contributed by atoms with Crippen molar-refractivity contribution in [2.75, 3.05) is 11.1 Å². The summed E-state index contributed by atoms with van der Waals surface area (Å²) in [5.41, 5.74) is 8.17. The molecule has 136 valence electrons. The summed E-state index contributed by atoms with van der Waals surface area (Å²) in [6.45, 7) is 1.42. The first-order valence-corrected chi connectivity index (χ1v) is 9.09. The summed E-state index contributed by atoms with van der Waals surface area (Å²) in [6, 6.07) is 20.6. The van der Waals surface area contributed by atoms with Crippen LogP contribution >= 0.6 is 11.8 Å². The number of pyridine rings is 1. The third-order valence-electron chi connectivity index (χ3n) is 3.87. The minimum atomic E-state index is -0.183. The molecule has 0 radical (unpaired) electrons. The molecular formula is C21H15N5OS. The van der Waals surface area contributed by atoms with E-state index in [-0.39, 0.29) is 22.9 Å². The van der Waals surface area contributed by atoms with Crippen molar-refractivity contribution in [1.82, 2.24) is 4.98 Å². The number of nitriles is 2. The molecule has 1 heterocycles. The Morgan fingerprint density at radius 3 is 2.25 bits per heavy atom. The third kappa shape index (κ3) is 3.96. The van der Waals surface area contributed by atoms with E-state index in [4.69, 9.17) is 5.73 Å². The second-order valence-corrected chi connectivity index (χ2v) is 6.89. The molecule has 0 aliphatic carbocycles. The van der Waals surface area contributed by atoms with Gasteiger partial charge in [0.25, 0.3) is 0 Å². The fourth-order valence-corrected chi connectivity index (χ4v) is 3.59. The van der Waals surface area contributed by atoms with E-state index in [1.807, 2.05) is 30.3 Å². The van der Waals surface area contributed by atoms with E-state index in [0.717, 1.165) is 4.90 Å². The quantitative estimate of drug-likeness (QED) is 0.696. The smallest absolute Gasteiger partial charge is 0.221 e. The molecule has 28 heavy (non-hydrogen) atoms. The first-order valence-electron chi connectivity index (χ1n) is 8.28. The van der Waals surface area contributed by atoms with Gasteiger partial charge < -0.3 is 11.1 Å². The van der Waals surface area contributed by atoms with Gasteiger partial charge in [-0.2, -0.15) is 10.5 Å². The van der Waals surface area contributed by atoms with Gasteiger partial charge in [0.1, 0.15) is 28.5 Å². The van der Waals surface area contributed by atoms with Crippen molar-refractivity contribution in [1.29, 1.82) is 10.5 Å². The molecule has 1 amide bonds. The minimum Gasteiger partial charge on any atom is -0.383 e. The Kier molecular flexibility index (Phi) is 5.59. The Hall–Kier alpha value is -3.81. The SMILES string of the molecule is CC(=O)Nc1ccc(-c2c(C#N)c(N)nc(Sc3ccccc3)c2C#N)cc1. The molecule has 0 saturated heterocycles. The largest absolute Gasteiger partial charge is 0.383 e. The maximum Gasteiger partial charge on any atom is 0.221 e. The van der Waals surface area contributed by atoms with Gasteiger partial charge in [-0.1, -0.05) is 42.1 Å². The molecule has 6 nitrogen and oxygen atoms in total. The predicted octanol–water partition coefficient (Wildman–Crippen LogP) is 4.18. The van der Waals surface area contributed by atoms with Crippen LogP contribution in [0.15, 0.2) is 64.5 Å². The van der Waals surface area contributed by atoms with Crippen LogP contribution in [-0.4, -0.2) is 10.9 Å². The van der Waals surface area contributed by atoms with Crippen LogP contribution in [0.25, 0.3) is 11.1 Å². The number of benzene rings is 2. The second kappa shape index (κ2) is 8.26. The number of carbonyl (C=O) groups excluding carboxylic acids is 1. The summed E-state index contributed by atoms with van der Waals surface area (Å²) in [7, 11) is 0. The Balaban J connectivity index is 2.15. The van der Waals surface area contributed by atoms with Crippen LogP contribution in [0.4, 0.5) is 11.5 Å². The fraction of sp³-hybridized carbons (Fsp3) is 0.0476. The minimum absolute atomic E-state index is 0.0702. The van der Waals surface area contributed by atoms with Gasteiger partial charge in [-0.3, -0.25) is 4.79 Å². The topological polar surface area (TPSA) is 116 Å². The van der Waals surface area contributed by atoms with Crippen molar-refractivity contribution < 1.29 is 4.79 Å². The van der Waals surface area contributed by atoms with Crippen molar-refractivity contribution in [2.24, 2.45) is 0 Å². The lowest BCUT2D eigenvalue weighted by atomic mass is 9.96. The van der Waals surface area contributed by atoms with Crippen molar-refractivity contribution in [2.45, 2.75) is 16.8 Å². The number of rotatable bonds is 4. The highest BCUT2D eigenvalue weighted by molar-refractivity contribution is 7.99. The zero-order chi connectivity index (χ0) is 20.1. The van der Waals surface area contributed by atoms with Crippen molar-refractivity contribution in [3.8, 4) is 23.3 Å². The second-order valence-electron chi connectivity index (χ2n) is 5.82. The molecule has 7 heteroatoms. The van der Waals surface area contributed by atoms with Crippen LogP contribution in [0.2, 0.25) is 0 Å². The summed E-state index contributed by atoms with van der Waals surface area (Å²) in [5.74, 6) is -0.112. The molecule has 3 rings (SSSR count). The fourth-order valence-electron chi connectivity index (χ4n) is 2.68. The molecule has 0 fully saturated rings. The lowest BCUT2D eigenvalue weighted by Gasteiger charge is -2.13. The first kappa shape index (κ1) is 19.0. The average Bonchev–Trinajstić information content (AvgIpc) is 2.68. The molecule has 1 aromatic heterocycles. The lowest BCUT2D eigenvalue weighted by molar-refractivity contribution is -0.114. The van der Waals surface area contributed by atoms with Crippen molar-refractivity contribution >= 4 is 29.2 Å². The third-order valence-corrected chi connectivity index (χ3v) is 4.86. The molecular weight excluding hydrogens is 370 g/mol. The number of amides is 1. The normalized spacial score (nSPS) is 9.96. The van der Waals surface area contributed by atoms with Crippen LogP contribution in [0, 0.1) is 22.7 Å². The number of carbonyl (C=O) groups is 1. The van der Waals surface area contributed by atoms with E-state index in [2.05, 4.69) is 22.4 Å². The number of nitrogens with zero attached hydrogens (tertiary/aromatic N) is 3. The van der Waals surface area contributed by atoms with E-state index in [1.54, 1.807) is 24.3 Å². The molecule has 0 spiro atoms. The molecule has 0 aliphatic rings. The summed E-state index contributed by atoms with van der Waals surface area (Å²) in [5, 5.41) is 22.5. The first-order chi connectivity index (χ1) is 13.5.